The summed E-state index contributed by atoms with van der Waals surface area (Å²) in [7, 11) is 0. The van der Waals surface area contributed by atoms with Gasteiger partial charge in [-0.25, -0.2) is 0 Å². The van der Waals surface area contributed by atoms with Crippen LogP contribution in [0.5, 0.6) is 0 Å². The number of hydrogen-bond donors (Lipinski definition) is 0. The van der Waals surface area contributed by atoms with Crippen molar-refractivity contribution in [1.82, 2.24) is 0 Å². The van der Waals surface area contributed by atoms with Crippen molar-refractivity contribution < 1.29 is 0 Å². The van der Waals surface area contributed by atoms with Crippen LogP contribution in [0.3, 0.4) is 0 Å². The van der Waals surface area contributed by atoms with E-state index in [2.05, 4.69) is 103 Å². The third kappa shape index (κ3) is 4.39. The van der Waals surface area contributed by atoms with Crippen LogP contribution in [0.4, 0.5) is 0 Å². The molecule has 0 unspecified atom stereocenters. The fourth-order valence-electron chi connectivity index (χ4n) is 2.46. The van der Waals surface area contributed by atoms with Crippen LogP contribution in [0, 0.1) is 13.8 Å². The molecule has 0 atom stereocenters. The SMILES string of the molecule is Cc1cc[c]([Bi]([CH]=Cc2ccccc2)[c]2ccc(C)cc2)cc1. The van der Waals surface area contributed by atoms with Gasteiger partial charge in [-0.3, -0.25) is 0 Å². The Bertz CT molecular complexity index is 723. The average molecular weight is 494 g/mol. The van der Waals surface area contributed by atoms with Crippen molar-refractivity contribution >= 4 is 34.4 Å². The summed E-state index contributed by atoms with van der Waals surface area (Å²) in [5, 5.41) is 0. The van der Waals surface area contributed by atoms with Crippen molar-refractivity contribution in [3.05, 3.63) is 99.3 Å². The summed E-state index contributed by atoms with van der Waals surface area (Å²) in [6.07, 6.45) is 2.30. The minimum atomic E-state index is -2.10. The van der Waals surface area contributed by atoms with E-state index in [0.29, 0.717) is 0 Å². The van der Waals surface area contributed by atoms with E-state index >= 15 is 0 Å². The van der Waals surface area contributed by atoms with E-state index in [-0.39, 0.29) is 0 Å². The second-order valence-corrected chi connectivity index (χ2v) is 13.8. The number of aryl methyl sites for hydroxylation is 2. The quantitative estimate of drug-likeness (QED) is 0.478. The van der Waals surface area contributed by atoms with Crippen molar-refractivity contribution in [2.24, 2.45) is 0 Å². The Morgan fingerprint density at radius 2 is 1.09 bits per heavy atom. The molecule has 0 aliphatic heterocycles. The molecule has 0 saturated heterocycles. The van der Waals surface area contributed by atoms with Crippen molar-refractivity contribution in [2.75, 3.05) is 0 Å². The molecule has 0 nitrogen and oxygen atoms in total. The first-order valence-electron chi connectivity index (χ1n) is 7.88. The molecule has 1 heteroatoms. The van der Waals surface area contributed by atoms with Gasteiger partial charge in [0.25, 0.3) is 0 Å². The summed E-state index contributed by atoms with van der Waals surface area (Å²) in [4.78, 5) is 0. The molecule has 0 aromatic heterocycles. The van der Waals surface area contributed by atoms with E-state index in [1.165, 1.54) is 23.2 Å². The van der Waals surface area contributed by atoms with Crippen LogP contribution in [0.2, 0.25) is 0 Å². The maximum absolute atomic E-state index is 2.50. The van der Waals surface area contributed by atoms with Crippen molar-refractivity contribution in [3.8, 4) is 0 Å². The summed E-state index contributed by atoms with van der Waals surface area (Å²) >= 11 is -2.10. The fourth-order valence-corrected chi connectivity index (χ4v) is 9.86. The van der Waals surface area contributed by atoms with E-state index in [1.54, 1.807) is 0 Å². The van der Waals surface area contributed by atoms with Crippen LogP contribution in [-0.2, 0) is 0 Å². The molecular formula is C22H21Bi. The zero-order valence-electron chi connectivity index (χ0n) is 13.6. The minimum absolute atomic E-state index is 1.28. The zero-order valence-corrected chi connectivity index (χ0v) is 17.1. The van der Waals surface area contributed by atoms with Crippen molar-refractivity contribution in [2.45, 2.75) is 13.8 Å². The maximum atomic E-state index is 2.50. The van der Waals surface area contributed by atoms with Gasteiger partial charge in [0.1, 0.15) is 0 Å². The number of hydrogen-bond acceptors (Lipinski definition) is 0. The van der Waals surface area contributed by atoms with Gasteiger partial charge in [-0.2, -0.15) is 0 Å². The topological polar surface area (TPSA) is 0 Å². The predicted molar refractivity (Wildman–Crippen MR) is 103 cm³/mol. The third-order valence-electron chi connectivity index (χ3n) is 3.84. The molecule has 3 rings (SSSR count). The van der Waals surface area contributed by atoms with E-state index in [0.717, 1.165) is 0 Å². The normalized spacial score (nSPS) is 11.3. The molecule has 0 bridgehead atoms. The van der Waals surface area contributed by atoms with Gasteiger partial charge < -0.3 is 0 Å². The zero-order chi connectivity index (χ0) is 16.1. The summed E-state index contributed by atoms with van der Waals surface area (Å²) < 4.78 is 5.56. The summed E-state index contributed by atoms with van der Waals surface area (Å²) in [5.41, 5.74) is 3.94. The van der Waals surface area contributed by atoms with Crippen LogP contribution in [-0.4, -0.2) is 21.8 Å². The van der Waals surface area contributed by atoms with Gasteiger partial charge in [0.2, 0.25) is 0 Å². The Morgan fingerprint density at radius 3 is 1.57 bits per heavy atom. The predicted octanol–water partition coefficient (Wildman–Crippen LogP) is 4.17. The van der Waals surface area contributed by atoms with E-state index in [4.69, 9.17) is 0 Å². The van der Waals surface area contributed by atoms with E-state index in [1.807, 2.05) is 0 Å². The van der Waals surface area contributed by atoms with Crippen molar-refractivity contribution in [3.63, 3.8) is 0 Å². The Labute approximate surface area is 147 Å². The monoisotopic (exact) mass is 494 g/mol. The van der Waals surface area contributed by atoms with Crippen LogP contribution in [0.1, 0.15) is 16.7 Å². The summed E-state index contributed by atoms with van der Waals surface area (Å²) in [6, 6.07) is 28.8. The third-order valence-corrected chi connectivity index (χ3v) is 12.2. The molecular weight excluding hydrogens is 473 g/mol. The molecule has 3 aromatic carbocycles. The van der Waals surface area contributed by atoms with Gasteiger partial charge in [-0.15, -0.1) is 0 Å². The first-order valence-corrected chi connectivity index (χ1v) is 13.4. The number of rotatable bonds is 4. The molecule has 0 N–H and O–H groups in total. The molecule has 0 heterocycles. The average Bonchev–Trinajstić information content (AvgIpc) is 2.59. The first-order chi connectivity index (χ1) is 11.2. The van der Waals surface area contributed by atoms with Gasteiger partial charge in [0.15, 0.2) is 0 Å². The van der Waals surface area contributed by atoms with Crippen LogP contribution in [0.25, 0.3) is 6.08 Å². The molecule has 0 aliphatic rings. The van der Waals surface area contributed by atoms with Crippen molar-refractivity contribution in [1.29, 1.82) is 0 Å². The second-order valence-electron chi connectivity index (χ2n) is 5.77. The molecule has 0 fully saturated rings. The first kappa shape index (κ1) is 16.2. The standard InChI is InChI=1S/C8H7.2C7H7.Bi/c1-2-8-6-4-3-5-7-8;2*1-7-5-3-2-4-6-7;/h1-7H;2*3-6H,1H3;. The van der Waals surface area contributed by atoms with Gasteiger partial charge in [0.05, 0.1) is 0 Å². The molecule has 0 radical (unpaired) electrons. The molecule has 3 aromatic rings. The molecule has 23 heavy (non-hydrogen) atoms. The summed E-state index contributed by atoms with van der Waals surface area (Å²) in [5.74, 6) is 0. The fraction of sp³-hybridized carbons (Fsp3) is 0.0909. The van der Waals surface area contributed by atoms with Gasteiger partial charge in [0, 0.05) is 0 Å². The number of benzene rings is 3. The molecule has 0 aliphatic carbocycles. The Morgan fingerprint density at radius 1 is 0.609 bits per heavy atom. The Hall–Kier alpha value is -1.72. The Balaban J connectivity index is 1.97. The summed E-state index contributed by atoms with van der Waals surface area (Å²) in [6.45, 7) is 4.30. The Kier molecular flexibility index (Phi) is 5.41. The van der Waals surface area contributed by atoms with E-state index in [9.17, 15) is 0 Å². The molecule has 114 valence electrons. The molecule has 0 spiro atoms. The van der Waals surface area contributed by atoms with Gasteiger partial charge in [-0.05, 0) is 0 Å². The molecule has 0 saturated carbocycles. The molecule has 0 amide bonds. The van der Waals surface area contributed by atoms with E-state index < -0.39 is 21.8 Å². The van der Waals surface area contributed by atoms with Crippen LogP contribution < -0.4 is 6.54 Å². The van der Waals surface area contributed by atoms with Crippen LogP contribution >= 0.6 is 0 Å². The van der Waals surface area contributed by atoms with Crippen LogP contribution in [0.15, 0.2) is 82.6 Å². The van der Waals surface area contributed by atoms with Gasteiger partial charge in [-0.1, -0.05) is 0 Å². The van der Waals surface area contributed by atoms with Gasteiger partial charge >= 0.3 is 148 Å². The second kappa shape index (κ2) is 7.71.